The van der Waals surface area contributed by atoms with Gasteiger partial charge in [-0.25, -0.2) is 9.97 Å². The zero-order valence-corrected chi connectivity index (χ0v) is 15.3. The summed E-state index contributed by atoms with van der Waals surface area (Å²) in [5.74, 6) is 1.56. The maximum atomic E-state index is 10.8. The van der Waals surface area contributed by atoms with Gasteiger partial charge in [0.2, 0.25) is 6.41 Å². The van der Waals surface area contributed by atoms with Crippen molar-refractivity contribution in [2.45, 2.75) is 26.4 Å². The van der Waals surface area contributed by atoms with Crippen molar-refractivity contribution < 1.29 is 15.0 Å². The Kier molecular flexibility index (Phi) is 7.40. The van der Waals surface area contributed by atoms with Crippen molar-refractivity contribution in [1.82, 2.24) is 14.9 Å². The number of amides is 1. The van der Waals surface area contributed by atoms with Crippen LogP contribution >= 0.6 is 0 Å². The number of aromatic nitrogens is 2. The number of nitrogens with zero attached hydrogens (tertiary/aromatic N) is 4. The lowest BCUT2D eigenvalue weighted by atomic mass is 10.1. The fourth-order valence-corrected chi connectivity index (χ4v) is 2.77. The minimum absolute atomic E-state index is 0.175. The first-order valence-electron chi connectivity index (χ1n) is 8.82. The number of allylic oxidation sites excluding steroid dienone is 2. The highest BCUT2D eigenvalue weighted by Gasteiger charge is 2.18. The van der Waals surface area contributed by atoms with Crippen LogP contribution in [0.4, 0.5) is 11.6 Å². The van der Waals surface area contributed by atoms with Gasteiger partial charge in [-0.1, -0.05) is 19.1 Å². The van der Waals surface area contributed by atoms with Crippen LogP contribution < -0.4 is 10.2 Å². The molecule has 1 atom stereocenters. The first-order valence-corrected chi connectivity index (χ1v) is 8.82. The van der Waals surface area contributed by atoms with Gasteiger partial charge < -0.3 is 25.3 Å². The van der Waals surface area contributed by atoms with Crippen LogP contribution in [0.1, 0.15) is 20.3 Å². The number of hydrogen-bond donors (Lipinski definition) is 3. The third-order valence-electron chi connectivity index (χ3n) is 4.29. The molecule has 1 aliphatic rings. The number of anilines is 2. The largest absolute Gasteiger partial charge is 0.512 e. The van der Waals surface area contributed by atoms with Crippen molar-refractivity contribution in [1.29, 1.82) is 0 Å². The zero-order chi connectivity index (χ0) is 18.9. The molecule has 0 aliphatic carbocycles. The smallest absolute Gasteiger partial charge is 0.209 e. The highest BCUT2D eigenvalue weighted by Crippen LogP contribution is 2.17. The van der Waals surface area contributed by atoms with Gasteiger partial charge in [-0.3, -0.25) is 4.79 Å². The molecular weight excluding hydrogens is 334 g/mol. The summed E-state index contributed by atoms with van der Waals surface area (Å²) >= 11 is 0. The fraction of sp³-hybridized carbons (Fsp3) is 0.500. The molecule has 0 spiro atoms. The number of nitrogens with one attached hydrogen (secondary N) is 1. The second kappa shape index (κ2) is 9.76. The van der Waals surface area contributed by atoms with Crippen LogP contribution in [0.15, 0.2) is 35.9 Å². The Bertz CT molecular complexity index is 654. The van der Waals surface area contributed by atoms with Gasteiger partial charge in [0.25, 0.3) is 0 Å². The molecule has 1 amide bonds. The van der Waals surface area contributed by atoms with E-state index >= 15 is 0 Å². The number of rotatable bonds is 8. The van der Waals surface area contributed by atoms with E-state index in [1.54, 1.807) is 17.1 Å². The summed E-state index contributed by atoms with van der Waals surface area (Å²) in [5.41, 5.74) is 0.502. The summed E-state index contributed by atoms with van der Waals surface area (Å²) in [7, 11) is 0. The van der Waals surface area contributed by atoms with Gasteiger partial charge in [-0.2, -0.15) is 0 Å². The monoisotopic (exact) mass is 361 g/mol. The maximum Gasteiger partial charge on any atom is 0.209 e. The summed E-state index contributed by atoms with van der Waals surface area (Å²) in [5, 5.41) is 23.4. The van der Waals surface area contributed by atoms with E-state index in [0.717, 1.165) is 25.3 Å². The molecule has 142 valence electrons. The number of hydrogen-bond acceptors (Lipinski definition) is 7. The molecule has 3 N–H and O–H groups in total. The molecule has 0 bridgehead atoms. The Labute approximate surface area is 153 Å². The molecule has 8 nitrogen and oxygen atoms in total. The molecule has 1 aliphatic heterocycles. The van der Waals surface area contributed by atoms with Crippen LogP contribution in [0, 0.1) is 0 Å². The topological polar surface area (TPSA) is 102 Å². The van der Waals surface area contributed by atoms with Gasteiger partial charge in [0.1, 0.15) is 18.0 Å². The second-order valence-electron chi connectivity index (χ2n) is 6.04. The van der Waals surface area contributed by atoms with Crippen LogP contribution in [-0.2, 0) is 4.79 Å². The van der Waals surface area contributed by atoms with Crippen molar-refractivity contribution in [3.63, 3.8) is 0 Å². The predicted molar refractivity (Wildman–Crippen MR) is 101 cm³/mol. The third-order valence-corrected chi connectivity index (χ3v) is 4.29. The molecule has 1 aromatic heterocycles. The second-order valence-corrected chi connectivity index (χ2v) is 6.04. The minimum atomic E-state index is -0.847. The zero-order valence-electron chi connectivity index (χ0n) is 15.3. The Morgan fingerprint density at radius 3 is 2.69 bits per heavy atom. The number of aliphatic hydroxyl groups excluding tert-OH is 2. The van der Waals surface area contributed by atoms with Crippen LogP contribution in [0.25, 0.3) is 0 Å². The first-order chi connectivity index (χ1) is 12.6. The SMILES string of the molecule is C/C=C\C(=C(\O)CC)C(O)CNc1cc(N2CCN(C=O)CC2)ncn1. The lowest BCUT2D eigenvalue weighted by Crippen LogP contribution is -2.46. The van der Waals surface area contributed by atoms with Crippen molar-refractivity contribution in [2.24, 2.45) is 0 Å². The standard InChI is InChI=1S/C18H27N5O3/c1-3-5-14(15(25)4-2)16(26)11-19-17-10-18(21-12-20-17)23-8-6-22(13-24)7-9-23/h3,5,10,12-13,16,25-26H,4,6-9,11H2,1-2H3,(H,19,20,21)/b5-3-,15-14-. The van der Waals surface area contributed by atoms with Gasteiger partial charge in [0, 0.05) is 50.8 Å². The average molecular weight is 361 g/mol. The summed E-state index contributed by atoms with van der Waals surface area (Å²) in [6.45, 7) is 6.67. The number of piperazine rings is 1. The van der Waals surface area contributed by atoms with Crippen molar-refractivity contribution in [3.8, 4) is 0 Å². The van der Waals surface area contributed by atoms with E-state index in [1.165, 1.54) is 6.33 Å². The minimum Gasteiger partial charge on any atom is -0.512 e. The van der Waals surface area contributed by atoms with Gasteiger partial charge in [-0.05, 0) is 6.92 Å². The third kappa shape index (κ3) is 5.19. The lowest BCUT2D eigenvalue weighted by Gasteiger charge is -2.33. The number of carbonyl (C=O) groups excluding carboxylic acids is 1. The number of aliphatic hydroxyl groups is 2. The molecular formula is C18H27N5O3. The maximum absolute atomic E-state index is 10.8. The van der Waals surface area contributed by atoms with Crippen molar-refractivity contribution in [2.75, 3.05) is 42.9 Å². The van der Waals surface area contributed by atoms with E-state index in [-0.39, 0.29) is 12.3 Å². The fourth-order valence-electron chi connectivity index (χ4n) is 2.77. The molecule has 1 unspecified atom stereocenters. The van der Waals surface area contributed by atoms with E-state index < -0.39 is 6.10 Å². The summed E-state index contributed by atoms with van der Waals surface area (Å²) in [6, 6.07) is 1.82. The molecule has 1 aromatic rings. The van der Waals surface area contributed by atoms with Gasteiger partial charge in [0.05, 0.1) is 11.9 Å². The van der Waals surface area contributed by atoms with E-state index in [0.29, 0.717) is 30.9 Å². The van der Waals surface area contributed by atoms with E-state index in [1.807, 2.05) is 19.9 Å². The number of carbonyl (C=O) groups is 1. The summed E-state index contributed by atoms with van der Waals surface area (Å²) < 4.78 is 0. The molecule has 0 radical (unpaired) electrons. The van der Waals surface area contributed by atoms with Gasteiger partial charge in [0.15, 0.2) is 0 Å². The first kappa shape index (κ1) is 19.7. The Hall–Kier alpha value is -2.61. The van der Waals surface area contributed by atoms with Gasteiger partial charge in [-0.15, -0.1) is 0 Å². The molecule has 1 fully saturated rings. The van der Waals surface area contributed by atoms with E-state index in [4.69, 9.17) is 0 Å². The van der Waals surface area contributed by atoms with Crippen LogP contribution in [0.2, 0.25) is 0 Å². The molecule has 2 heterocycles. The quantitative estimate of drug-likeness (QED) is 0.365. The van der Waals surface area contributed by atoms with Crippen LogP contribution in [-0.4, -0.2) is 70.3 Å². The lowest BCUT2D eigenvalue weighted by molar-refractivity contribution is -0.118. The average Bonchev–Trinajstić information content (AvgIpc) is 2.70. The Balaban J connectivity index is 1.99. The molecule has 0 aromatic carbocycles. The molecule has 26 heavy (non-hydrogen) atoms. The molecule has 0 saturated carbocycles. The molecule has 1 saturated heterocycles. The highest BCUT2D eigenvalue weighted by atomic mass is 16.3. The molecule has 8 heteroatoms. The summed E-state index contributed by atoms with van der Waals surface area (Å²) in [6.07, 6.45) is 5.45. The van der Waals surface area contributed by atoms with Gasteiger partial charge >= 0.3 is 0 Å². The predicted octanol–water partition coefficient (Wildman–Crippen LogP) is 1.33. The Morgan fingerprint density at radius 1 is 1.35 bits per heavy atom. The van der Waals surface area contributed by atoms with E-state index in [9.17, 15) is 15.0 Å². The van der Waals surface area contributed by atoms with Crippen LogP contribution in [0.5, 0.6) is 0 Å². The summed E-state index contributed by atoms with van der Waals surface area (Å²) in [4.78, 5) is 23.1. The highest BCUT2D eigenvalue weighted by molar-refractivity contribution is 5.51. The van der Waals surface area contributed by atoms with Crippen molar-refractivity contribution >= 4 is 18.0 Å². The normalized spacial score (nSPS) is 17.2. The Morgan fingerprint density at radius 2 is 2.08 bits per heavy atom. The van der Waals surface area contributed by atoms with Crippen LogP contribution in [0.3, 0.4) is 0 Å². The molecule has 2 rings (SSSR count). The van der Waals surface area contributed by atoms with E-state index in [2.05, 4.69) is 20.2 Å². The van der Waals surface area contributed by atoms with Crippen molar-refractivity contribution in [3.05, 3.63) is 35.9 Å².